The molecule has 0 aliphatic heterocycles. The Morgan fingerprint density at radius 2 is 2.12 bits per heavy atom. The number of hydrogen-bond acceptors (Lipinski definition) is 4. The third kappa shape index (κ3) is 3.98. The van der Waals surface area contributed by atoms with Gasteiger partial charge in [-0.15, -0.1) is 0 Å². The lowest BCUT2D eigenvalue weighted by molar-refractivity contribution is 0.0128. The molecule has 0 bridgehead atoms. The predicted molar refractivity (Wildman–Crippen MR) is 70.6 cm³/mol. The minimum Gasteiger partial charge on any atom is -0.398 e. The maximum atomic E-state index is 6.20. The highest BCUT2D eigenvalue weighted by Gasteiger charge is 2.22. The molecular formula is C13H23N3O. The zero-order valence-electron chi connectivity index (χ0n) is 10.9. The summed E-state index contributed by atoms with van der Waals surface area (Å²) in [6.45, 7) is 6.90. The largest absolute Gasteiger partial charge is 0.398 e. The summed E-state index contributed by atoms with van der Waals surface area (Å²) in [6, 6.07) is 1.74. The summed E-state index contributed by atoms with van der Waals surface area (Å²) in [5.41, 5.74) is 13.8. The Bertz CT molecular complexity index is 341. The molecule has 4 nitrogen and oxygen atoms in total. The summed E-state index contributed by atoms with van der Waals surface area (Å²) in [6.07, 6.45) is 4.22. The van der Waals surface area contributed by atoms with Crippen molar-refractivity contribution in [2.45, 2.75) is 39.3 Å². The van der Waals surface area contributed by atoms with Gasteiger partial charge in [-0.1, -0.05) is 13.8 Å². The number of anilines is 1. The van der Waals surface area contributed by atoms with E-state index in [1.54, 1.807) is 18.5 Å². The van der Waals surface area contributed by atoms with Crippen molar-refractivity contribution in [3.8, 4) is 0 Å². The molecule has 17 heavy (non-hydrogen) atoms. The Morgan fingerprint density at radius 1 is 1.41 bits per heavy atom. The molecule has 0 saturated carbocycles. The summed E-state index contributed by atoms with van der Waals surface area (Å²) in [5, 5.41) is 0. The number of aromatic nitrogens is 1. The predicted octanol–water partition coefficient (Wildman–Crippen LogP) is 1.59. The molecule has 1 aromatic rings. The highest BCUT2D eigenvalue weighted by Crippen LogP contribution is 2.17. The Kier molecular flexibility index (Phi) is 5.38. The van der Waals surface area contributed by atoms with E-state index in [1.807, 2.05) is 6.92 Å². The van der Waals surface area contributed by atoms with Gasteiger partial charge in [0.25, 0.3) is 0 Å². The lowest BCUT2D eigenvalue weighted by Gasteiger charge is -2.27. The Morgan fingerprint density at radius 3 is 2.65 bits per heavy atom. The standard InChI is InChI=1S/C13H23N3O/c1-4-17-13(9(2)3)12(15)7-10-8-16-6-5-11(10)14/h5-6,8-9,12-13H,4,7,15H2,1-3H3,(H2,14,16). The second-order valence-electron chi connectivity index (χ2n) is 4.61. The zero-order chi connectivity index (χ0) is 12.8. The second-order valence-corrected chi connectivity index (χ2v) is 4.61. The van der Waals surface area contributed by atoms with E-state index in [-0.39, 0.29) is 12.1 Å². The smallest absolute Gasteiger partial charge is 0.0751 e. The van der Waals surface area contributed by atoms with Crippen LogP contribution in [0, 0.1) is 5.92 Å². The third-order valence-corrected chi connectivity index (χ3v) is 2.84. The SMILES string of the molecule is CCOC(C(C)C)C(N)Cc1cnccc1N. The lowest BCUT2D eigenvalue weighted by atomic mass is 9.94. The van der Waals surface area contributed by atoms with Gasteiger partial charge in [0.2, 0.25) is 0 Å². The maximum absolute atomic E-state index is 6.20. The van der Waals surface area contributed by atoms with Crippen molar-refractivity contribution in [3.05, 3.63) is 24.0 Å². The summed E-state index contributed by atoms with van der Waals surface area (Å²) < 4.78 is 5.69. The summed E-state index contributed by atoms with van der Waals surface area (Å²) in [4.78, 5) is 4.07. The second kappa shape index (κ2) is 6.57. The van der Waals surface area contributed by atoms with Gasteiger partial charge in [0.05, 0.1) is 6.10 Å². The number of pyridine rings is 1. The van der Waals surface area contributed by atoms with Crippen molar-refractivity contribution in [1.82, 2.24) is 4.98 Å². The van der Waals surface area contributed by atoms with Gasteiger partial charge in [0, 0.05) is 30.7 Å². The first-order valence-electron chi connectivity index (χ1n) is 6.11. The molecule has 1 aromatic heterocycles. The van der Waals surface area contributed by atoms with E-state index < -0.39 is 0 Å². The van der Waals surface area contributed by atoms with Crippen LogP contribution in [-0.4, -0.2) is 23.7 Å². The molecule has 4 N–H and O–H groups in total. The van der Waals surface area contributed by atoms with Crippen LogP contribution in [0.4, 0.5) is 5.69 Å². The third-order valence-electron chi connectivity index (χ3n) is 2.84. The molecule has 1 rings (SSSR count). The van der Waals surface area contributed by atoms with Gasteiger partial charge in [0.15, 0.2) is 0 Å². The van der Waals surface area contributed by atoms with E-state index in [1.165, 1.54) is 0 Å². The lowest BCUT2D eigenvalue weighted by Crippen LogP contribution is -2.42. The number of nitrogens with two attached hydrogens (primary N) is 2. The molecule has 0 aliphatic rings. The average Bonchev–Trinajstić information content (AvgIpc) is 2.28. The van der Waals surface area contributed by atoms with Crippen molar-refractivity contribution in [2.24, 2.45) is 11.7 Å². The van der Waals surface area contributed by atoms with Gasteiger partial charge >= 0.3 is 0 Å². The Hall–Kier alpha value is -1.13. The molecular weight excluding hydrogens is 214 g/mol. The molecule has 0 amide bonds. The Balaban J connectivity index is 2.69. The molecule has 0 radical (unpaired) electrons. The first-order chi connectivity index (χ1) is 8.06. The maximum Gasteiger partial charge on any atom is 0.0751 e. The first kappa shape index (κ1) is 13.9. The fourth-order valence-electron chi connectivity index (χ4n) is 1.98. The van der Waals surface area contributed by atoms with E-state index in [9.17, 15) is 0 Å². The fourth-order valence-corrected chi connectivity index (χ4v) is 1.98. The van der Waals surface area contributed by atoms with Gasteiger partial charge in [0.1, 0.15) is 0 Å². The number of hydrogen-bond donors (Lipinski definition) is 2. The molecule has 4 heteroatoms. The highest BCUT2D eigenvalue weighted by atomic mass is 16.5. The Labute approximate surface area is 103 Å². The van der Waals surface area contributed by atoms with E-state index >= 15 is 0 Å². The zero-order valence-corrected chi connectivity index (χ0v) is 10.9. The molecule has 2 unspecified atom stereocenters. The summed E-state index contributed by atoms with van der Waals surface area (Å²) in [7, 11) is 0. The minimum atomic E-state index is -0.0542. The summed E-state index contributed by atoms with van der Waals surface area (Å²) >= 11 is 0. The van der Waals surface area contributed by atoms with Crippen LogP contribution in [0.2, 0.25) is 0 Å². The van der Waals surface area contributed by atoms with Gasteiger partial charge in [-0.05, 0) is 30.9 Å². The van der Waals surface area contributed by atoms with E-state index in [4.69, 9.17) is 16.2 Å². The van der Waals surface area contributed by atoms with E-state index in [0.717, 1.165) is 11.3 Å². The monoisotopic (exact) mass is 237 g/mol. The van der Waals surface area contributed by atoms with Gasteiger partial charge in [-0.2, -0.15) is 0 Å². The topological polar surface area (TPSA) is 74.2 Å². The van der Waals surface area contributed by atoms with Crippen molar-refractivity contribution in [2.75, 3.05) is 12.3 Å². The number of ether oxygens (including phenoxy) is 1. The first-order valence-corrected chi connectivity index (χ1v) is 6.11. The van der Waals surface area contributed by atoms with Crippen molar-refractivity contribution >= 4 is 5.69 Å². The van der Waals surface area contributed by atoms with Gasteiger partial charge < -0.3 is 16.2 Å². The summed E-state index contributed by atoms with van der Waals surface area (Å²) in [5.74, 6) is 0.392. The fraction of sp³-hybridized carbons (Fsp3) is 0.615. The van der Waals surface area contributed by atoms with Crippen LogP contribution in [-0.2, 0) is 11.2 Å². The van der Waals surface area contributed by atoms with E-state index in [0.29, 0.717) is 18.9 Å². The van der Waals surface area contributed by atoms with Crippen LogP contribution in [0.25, 0.3) is 0 Å². The van der Waals surface area contributed by atoms with Crippen LogP contribution in [0.5, 0.6) is 0 Å². The molecule has 96 valence electrons. The molecule has 0 fully saturated rings. The van der Waals surface area contributed by atoms with Crippen LogP contribution in [0.15, 0.2) is 18.5 Å². The number of nitrogens with zero attached hydrogens (tertiary/aromatic N) is 1. The van der Waals surface area contributed by atoms with Crippen molar-refractivity contribution < 1.29 is 4.74 Å². The van der Waals surface area contributed by atoms with Gasteiger partial charge in [-0.25, -0.2) is 0 Å². The molecule has 0 aromatic carbocycles. The normalized spacial score (nSPS) is 14.9. The quantitative estimate of drug-likeness (QED) is 0.788. The van der Waals surface area contributed by atoms with Crippen LogP contribution in [0.3, 0.4) is 0 Å². The number of rotatable bonds is 6. The minimum absolute atomic E-state index is 0.0542. The number of nitrogen functional groups attached to an aromatic ring is 1. The van der Waals surface area contributed by atoms with Crippen LogP contribution in [0.1, 0.15) is 26.3 Å². The highest BCUT2D eigenvalue weighted by molar-refractivity contribution is 5.44. The molecule has 1 heterocycles. The molecule has 0 saturated heterocycles. The van der Waals surface area contributed by atoms with Gasteiger partial charge in [-0.3, -0.25) is 4.98 Å². The van der Waals surface area contributed by atoms with Crippen LogP contribution < -0.4 is 11.5 Å². The molecule has 2 atom stereocenters. The average molecular weight is 237 g/mol. The van der Waals surface area contributed by atoms with Crippen LogP contribution >= 0.6 is 0 Å². The molecule has 0 aliphatic carbocycles. The molecule has 0 spiro atoms. The van der Waals surface area contributed by atoms with Crippen molar-refractivity contribution in [1.29, 1.82) is 0 Å². The van der Waals surface area contributed by atoms with Crippen molar-refractivity contribution in [3.63, 3.8) is 0 Å². The van der Waals surface area contributed by atoms with E-state index in [2.05, 4.69) is 18.8 Å².